The smallest absolute Gasteiger partial charge is 0.253 e. The summed E-state index contributed by atoms with van der Waals surface area (Å²) in [6, 6.07) is 9.83. The predicted molar refractivity (Wildman–Crippen MR) is 105 cm³/mol. The molecule has 5 nitrogen and oxygen atoms in total. The van der Waals surface area contributed by atoms with Crippen LogP contribution in [0.5, 0.6) is 17.2 Å². The molecule has 7 heteroatoms. The van der Waals surface area contributed by atoms with E-state index in [1.807, 2.05) is 4.90 Å². The van der Waals surface area contributed by atoms with Gasteiger partial charge in [0.2, 0.25) is 0 Å². The van der Waals surface area contributed by atoms with Crippen LogP contribution < -0.4 is 9.47 Å². The average molecular weight is 410 g/mol. The largest absolute Gasteiger partial charge is 0.508 e. The number of hydrogen-bond acceptors (Lipinski definition) is 4. The van der Waals surface area contributed by atoms with Crippen LogP contribution in [0.2, 0.25) is 10.0 Å². The molecule has 2 aromatic carbocycles. The fourth-order valence-electron chi connectivity index (χ4n) is 2.96. The van der Waals surface area contributed by atoms with Gasteiger partial charge in [0.05, 0.1) is 10.0 Å². The Morgan fingerprint density at radius 3 is 2.19 bits per heavy atom. The molecule has 0 bridgehead atoms. The minimum atomic E-state index is -0.0206. The summed E-state index contributed by atoms with van der Waals surface area (Å²) in [4.78, 5) is 14.3. The second-order valence-electron chi connectivity index (χ2n) is 6.31. The third-order valence-electron chi connectivity index (χ3n) is 4.33. The normalized spacial score (nSPS) is 14.1. The summed E-state index contributed by atoms with van der Waals surface area (Å²) < 4.78 is 11.2. The van der Waals surface area contributed by atoms with Crippen LogP contribution in [0.1, 0.15) is 29.6 Å². The van der Waals surface area contributed by atoms with Crippen LogP contribution in [0.3, 0.4) is 0 Å². The Balaban J connectivity index is 1.48. The average Bonchev–Trinajstić information content (AvgIpc) is 2.67. The second-order valence-corrected chi connectivity index (χ2v) is 7.13. The molecule has 1 fully saturated rings. The number of nitrogens with zero attached hydrogens (tertiary/aromatic N) is 1. The molecule has 1 heterocycles. The number of carbonyl (C=O) groups excluding carboxylic acids is 1. The van der Waals surface area contributed by atoms with Gasteiger partial charge in [-0.25, -0.2) is 0 Å². The van der Waals surface area contributed by atoms with Crippen molar-refractivity contribution >= 4 is 29.1 Å². The topological polar surface area (TPSA) is 59.0 Å². The van der Waals surface area contributed by atoms with Crippen molar-refractivity contribution in [3.63, 3.8) is 0 Å². The standard InChI is InChI=1S/C20H21Cl2NO4/c21-17-12-15(24)13-18(22)19(17)27-11-10-26-16-6-4-14(5-7-16)20(25)23-8-2-1-3-9-23/h4-7,12-13,24H,1-3,8-11H2. The summed E-state index contributed by atoms with van der Waals surface area (Å²) in [6.07, 6.45) is 3.34. The van der Waals surface area contributed by atoms with E-state index in [9.17, 15) is 9.90 Å². The maximum atomic E-state index is 12.4. The first-order chi connectivity index (χ1) is 13.0. The molecule has 0 aliphatic carbocycles. The lowest BCUT2D eigenvalue weighted by Gasteiger charge is -2.26. The Morgan fingerprint density at radius 2 is 1.56 bits per heavy atom. The van der Waals surface area contributed by atoms with E-state index in [1.54, 1.807) is 24.3 Å². The van der Waals surface area contributed by atoms with Gasteiger partial charge in [0, 0.05) is 30.8 Å². The summed E-state index contributed by atoms with van der Waals surface area (Å²) in [5, 5.41) is 9.88. The molecule has 1 aliphatic heterocycles. The van der Waals surface area contributed by atoms with E-state index in [-0.39, 0.29) is 34.9 Å². The van der Waals surface area contributed by atoms with Crippen LogP contribution in [-0.2, 0) is 0 Å². The molecule has 27 heavy (non-hydrogen) atoms. The van der Waals surface area contributed by atoms with Crippen molar-refractivity contribution in [3.8, 4) is 17.2 Å². The van der Waals surface area contributed by atoms with Crippen LogP contribution >= 0.6 is 23.2 Å². The number of rotatable bonds is 6. The number of carbonyl (C=O) groups is 1. The van der Waals surface area contributed by atoms with Crippen molar-refractivity contribution in [2.24, 2.45) is 0 Å². The van der Waals surface area contributed by atoms with Crippen molar-refractivity contribution in [2.45, 2.75) is 19.3 Å². The van der Waals surface area contributed by atoms with Crippen molar-refractivity contribution in [3.05, 3.63) is 52.0 Å². The minimum absolute atomic E-state index is 0.0206. The molecule has 0 atom stereocenters. The van der Waals surface area contributed by atoms with Gasteiger partial charge >= 0.3 is 0 Å². The van der Waals surface area contributed by atoms with Crippen molar-refractivity contribution in [1.29, 1.82) is 0 Å². The van der Waals surface area contributed by atoms with Gasteiger partial charge in [-0.1, -0.05) is 23.2 Å². The third-order valence-corrected chi connectivity index (χ3v) is 4.89. The quantitative estimate of drug-likeness (QED) is 0.697. The summed E-state index contributed by atoms with van der Waals surface area (Å²) >= 11 is 12.0. The molecule has 3 rings (SSSR count). The van der Waals surface area contributed by atoms with Gasteiger partial charge < -0.3 is 19.5 Å². The third kappa shape index (κ3) is 5.21. The van der Waals surface area contributed by atoms with Gasteiger partial charge in [-0.2, -0.15) is 0 Å². The molecule has 1 N–H and O–H groups in total. The summed E-state index contributed by atoms with van der Waals surface area (Å²) in [5.41, 5.74) is 0.670. The summed E-state index contributed by atoms with van der Waals surface area (Å²) in [7, 11) is 0. The molecular weight excluding hydrogens is 389 g/mol. The molecule has 0 saturated carbocycles. The summed E-state index contributed by atoms with van der Waals surface area (Å²) in [6.45, 7) is 2.18. The molecule has 1 saturated heterocycles. The molecule has 0 spiro atoms. The highest BCUT2D eigenvalue weighted by molar-refractivity contribution is 6.37. The van der Waals surface area contributed by atoms with E-state index in [2.05, 4.69) is 0 Å². The van der Waals surface area contributed by atoms with Gasteiger partial charge in [-0.3, -0.25) is 4.79 Å². The van der Waals surface area contributed by atoms with E-state index in [0.717, 1.165) is 25.9 Å². The van der Waals surface area contributed by atoms with E-state index in [1.165, 1.54) is 18.6 Å². The van der Waals surface area contributed by atoms with E-state index in [0.29, 0.717) is 17.1 Å². The van der Waals surface area contributed by atoms with Crippen molar-refractivity contribution in [1.82, 2.24) is 4.90 Å². The zero-order valence-corrected chi connectivity index (χ0v) is 16.3. The predicted octanol–water partition coefficient (Wildman–Crippen LogP) is 4.78. The highest BCUT2D eigenvalue weighted by Gasteiger charge is 2.18. The number of amides is 1. The molecule has 144 valence electrons. The van der Waals surface area contributed by atoms with Gasteiger partial charge in [-0.05, 0) is 43.5 Å². The maximum Gasteiger partial charge on any atom is 0.253 e. The molecule has 1 amide bonds. The van der Waals surface area contributed by atoms with Crippen molar-refractivity contribution in [2.75, 3.05) is 26.3 Å². The first kappa shape index (κ1) is 19.6. The Bertz CT molecular complexity index is 766. The molecule has 1 aliphatic rings. The first-order valence-electron chi connectivity index (χ1n) is 8.87. The number of aromatic hydroxyl groups is 1. The fourth-order valence-corrected chi connectivity index (χ4v) is 3.55. The fraction of sp³-hybridized carbons (Fsp3) is 0.350. The number of benzene rings is 2. The Kier molecular flexibility index (Phi) is 6.69. The van der Waals surface area contributed by atoms with Gasteiger partial charge in [0.15, 0.2) is 5.75 Å². The zero-order valence-electron chi connectivity index (χ0n) is 14.8. The lowest BCUT2D eigenvalue weighted by molar-refractivity contribution is 0.0724. The lowest BCUT2D eigenvalue weighted by atomic mass is 10.1. The molecule has 0 unspecified atom stereocenters. The zero-order chi connectivity index (χ0) is 19.2. The number of hydrogen-bond donors (Lipinski definition) is 1. The first-order valence-corrected chi connectivity index (χ1v) is 9.63. The van der Waals surface area contributed by atoms with E-state index >= 15 is 0 Å². The maximum absolute atomic E-state index is 12.4. The molecule has 2 aromatic rings. The SMILES string of the molecule is O=C(c1ccc(OCCOc2c(Cl)cc(O)cc2Cl)cc1)N1CCCCC1. The molecular formula is C20H21Cl2NO4. The van der Waals surface area contributed by atoms with Gasteiger partial charge in [0.1, 0.15) is 24.7 Å². The van der Waals surface area contributed by atoms with E-state index in [4.69, 9.17) is 32.7 Å². The Hall–Kier alpha value is -2.11. The minimum Gasteiger partial charge on any atom is -0.508 e. The van der Waals surface area contributed by atoms with Crippen molar-refractivity contribution < 1.29 is 19.4 Å². The van der Waals surface area contributed by atoms with E-state index < -0.39 is 0 Å². The van der Waals surface area contributed by atoms with Crippen LogP contribution in [0.15, 0.2) is 36.4 Å². The van der Waals surface area contributed by atoms with Crippen LogP contribution in [0.4, 0.5) is 0 Å². The van der Waals surface area contributed by atoms with Crippen LogP contribution in [-0.4, -0.2) is 42.2 Å². The highest BCUT2D eigenvalue weighted by atomic mass is 35.5. The Morgan fingerprint density at radius 1 is 0.963 bits per heavy atom. The second kappa shape index (κ2) is 9.20. The number of likely N-dealkylation sites (tertiary alicyclic amines) is 1. The highest BCUT2D eigenvalue weighted by Crippen LogP contribution is 2.36. The lowest BCUT2D eigenvalue weighted by Crippen LogP contribution is -2.35. The Labute approximate surface area is 168 Å². The number of phenols is 1. The molecule has 0 aromatic heterocycles. The molecule has 0 radical (unpaired) electrons. The number of halogens is 2. The van der Waals surface area contributed by atoms with Crippen LogP contribution in [0.25, 0.3) is 0 Å². The van der Waals surface area contributed by atoms with Crippen LogP contribution in [0, 0.1) is 0 Å². The summed E-state index contributed by atoms with van der Waals surface area (Å²) in [5.74, 6) is 1.01. The number of phenolic OH excluding ortho intramolecular Hbond substituents is 1. The number of ether oxygens (including phenoxy) is 2. The number of piperidine rings is 1. The van der Waals surface area contributed by atoms with Gasteiger partial charge in [0.25, 0.3) is 5.91 Å². The van der Waals surface area contributed by atoms with Gasteiger partial charge in [-0.15, -0.1) is 0 Å². The monoisotopic (exact) mass is 409 g/mol.